The summed E-state index contributed by atoms with van der Waals surface area (Å²) in [5.74, 6) is 0.0953. The quantitative estimate of drug-likeness (QED) is 0.734. The molecular formula is C18H18N2O3S. The number of nitrogens with zero attached hydrogens (tertiary/aromatic N) is 1. The number of aromatic nitrogens is 2. The van der Waals surface area contributed by atoms with E-state index in [-0.39, 0.29) is 11.7 Å². The van der Waals surface area contributed by atoms with Crippen molar-refractivity contribution < 1.29 is 9.53 Å². The Labute approximate surface area is 143 Å². The van der Waals surface area contributed by atoms with E-state index in [9.17, 15) is 9.59 Å². The van der Waals surface area contributed by atoms with Crippen LogP contribution < -0.4 is 5.56 Å². The summed E-state index contributed by atoms with van der Waals surface area (Å²) in [7, 11) is 0. The van der Waals surface area contributed by atoms with Crippen molar-refractivity contribution in [3.8, 4) is 11.4 Å². The molecule has 0 aliphatic rings. The van der Waals surface area contributed by atoms with Gasteiger partial charge in [-0.3, -0.25) is 4.79 Å². The standard InChI is InChI=1S/C18H18N2O3S/c1-9(2)23-18(22)14-11(4)13-16(21)19-15(20-17(13)24-14)12-8-6-5-7-10(12)3/h5-9H,1-4H3,(H,19,20,21). The van der Waals surface area contributed by atoms with Crippen LogP contribution in [0.4, 0.5) is 0 Å². The Hall–Kier alpha value is -2.47. The molecule has 0 radical (unpaired) electrons. The molecule has 124 valence electrons. The molecular weight excluding hydrogens is 324 g/mol. The first kappa shape index (κ1) is 16.4. The van der Waals surface area contributed by atoms with Gasteiger partial charge in [-0.25, -0.2) is 9.78 Å². The molecule has 3 rings (SSSR count). The van der Waals surface area contributed by atoms with Crippen molar-refractivity contribution in [3.05, 3.63) is 50.6 Å². The minimum absolute atomic E-state index is 0.212. The highest BCUT2D eigenvalue weighted by Gasteiger charge is 2.21. The molecule has 3 aromatic rings. The summed E-state index contributed by atoms with van der Waals surface area (Å²) in [6.45, 7) is 7.30. The lowest BCUT2D eigenvalue weighted by Crippen LogP contribution is -2.12. The fraction of sp³-hybridized carbons (Fsp3) is 0.278. The maximum atomic E-state index is 12.5. The predicted molar refractivity (Wildman–Crippen MR) is 95.7 cm³/mol. The van der Waals surface area contributed by atoms with Crippen LogP contribution in [0.5, 0.6) is 0 Å². The number of ether oxygens (including phenoxy) is 1. The largest absolute Gasteiger partial charge is 0.459 e. The molecule has 0 fully saturated rings. The van der Waals surface area contributed by atoms with Crippen LogP contribution in [0.1, 0.15) is 34.6 Å². The summed E-state index contributed by atoms with van der Waals surface area (Å²) in [5, 5.41) is 0.452. The average molecular weight is 342 g/mol. The van der Waals surface area contributed by atoms with E-state index in [2.05, 4.69) is 9.97 Å². The van der Waals surface area contributed by atoms with Crippen molar-refractivity contribution in [1.82, 2.24) is 9.97 Å². The van der Waals surface area contributed by atoms with E-state index in [1.165, 1.54) is 11.3 Å². The zero-order valence-corrected chi connectivity index (χ0v) is 14.8. The van der Waals surface area contributed by atoms with E-state index in [1.807, 2.05) is 31.2 Å². The molecule has 24 heavy (non-hydrogen) atoms. The van der Waals surface area contributed by atoms with Gasteiger partial charge in [0.25, 0.3) is 5.56 Å². The second-order valence-electron chi connectivity index (χ2n) is 5.92. The van der Waals surface area contributed by atoms with Crippen molar-refractivity contribution in [3.63, 3.8) is 0 Å². The highest BCUT2D eigenvalue weighted by atomic mass is 32.1. The summed E-state index contributed by atoms with van der Waals surface area (Å²) in [6, 6.07) is 7.71. The lowest BCUT2D eigenvalue weighted by molar-refractivity contribution is 0.0383. The van der Waals surface area contributed by atoms with E-state index in [0.717, 1.165) is 11.1 Å². The molecule has 2 aromatic heterocycles. The van der Waals surface area contributed by atoms with E-state index >= 15 is 0 Å². The Kier molecular flexibility index (Phi) is 4.24. The first-order valence-corrected chi connectivity index (χ1v) is 8.50. The second-order valence-corrected chi connectivity index (χ2v) is 6.92. The fourth-order valence-corrected chi connectivity index (χ4v) is 3.64. The molecule has 0 atom stereocenters. The molecule has 0 saturated carbocycles. The summed E-state index contributed by atoms with van der Waals surface area (Å²) < 4.78 is 5.25. The first-order chi connectivity index (χ1) is 11.4. The van der Waals surface area contributed by atoms with E-state index in [0.29, 0.717) is 26.5 Å². The van der Waals surface area contributed by atoms with Crippen LogP contribution in [0.3, 0.4) is 0 Å². The van der Waals surface area contributed by atoms with Crippen LogP contribution in [0.15, 0.2) is 29.1 Å². The molecule has 0 bridgehead atoms. The fourth-order valence-electron chi connectivity index (χ4n) is 2.57. The molecule has 1 N–H and O–H groups in total. The Bertz CT molecular complexity index is 986. The minimum Gasteiger partial charge on any atom is -0.459 e. The lowest BCUT2D eigenvalue weighted by atomic mass is 10.1. The smallest absolute Gasteiger partial charge is 0.348 e. The highest BCUT2D eigenvalue weighted by Crippen LogP contribution is 2.29. The molecule has 0 amide bonds. The number of hydrogen-bond donors (Lipinski definition) is 1. The Morgan fingerprint density at radius 1 is 1.25 bits per heavy atom. The highest BCUT2D eigenvalue weighted by molar-refractivity contribution is 7.20. The number of rotatable bonds is 3. The molecule has 0 unspecified atom stereocenters. The number of benzene rings is 1. The van der Waals surface area contributed by atoms with Gasteiger partial charge in [-0.1, -0.05) is 24.3 Å². The number of thiophene rings is 1. The normalized spacial score (nSPS) is 11.2. The van der Waals surface area contributed by atoms with Gasteiger partial charge in [-0.2, -0.15) is 0 Å². The summed E-state index contributed by atoms with van der Waals surface area (Å²) in [6.07, 6.45) is -0.212. The van der Waals surface area contributed by atoms with Crippen molar-refractivity contribution in [2.75, 3.05) is 0 Å². The van der Waals surface area contributed by atoms with Gasteiger partial charge in [0.15, 0.2) is 0 Å². The number of esters is 1. The third kappa shape index (κ3) is 2.85. The molecule has 1 aromatic carbocycles. The summed E-state index contributed by atoms with van der Waals surface area (Å²) in [4.78, 5) is 33.1. The van der Waals surface area contributed by atoms with Crippen molar-refractivity contribution in [2.24, 2.45) is 0 Å². The monoisotopic (exact) mass is 342 g/mol. The zero-order chi connectivity index (χ0) is 17.4. The number of nitrogens with one attached hydrogen (secondary N) is 1. The molecule has 0 saturated heterocycles. The number of hydrogen-bond acceptors (Lipinski definition) is 5. The topological polar surface area (TPSA) is 72.0 Å². The average Bonchev–Trinajstić information content (AvgIpc) is 2.84. The Balaban J connectivity index is 2.18. The minimum atomic E-state index is -0.414. The number of carbonyl (C=O) groups is 1. The van der Waals surface area contributed by atoms with Crippen LogP contribution in [-0.4, -0.2) is 22.0 Å². The number of fused-ring (bicyclic) bond motifs is 1. The van der Waals surface area contributed by atoms with Crippen LogP contribution >= 0.6 is 11.3 Å². The molecule has 2 heterocycles. The second kappa shape index (κ2) is 6.20. The number of carbonyl (C=O) groups excluding carboxylic acids is 1. The molecule has 0 aliphatic carbocycles. The molecule has 6 heteroatoms. The van der Waals surface area contributed by atoms with Crippen molar-refractivity contribution >= 4 is 27.5 Å². The predicted octanol–water partition coefficient (Wildman–Crippen LogP) is 3.83. The lowest BCUT2D eigenvalue weighted by Gasteiger charge is -2.06. The van der Waals surface area contributed by atoms with Crippen LogP contribution in [0.25, 0.3) is 21.6 Å². The zero-order valence-electron chi connectivity index (χ0n) is 14.0. The van der Waals surface area contributed by atoms with Crippen molar-refractivity contribution in [2.45, 2.75) is 33.8 Å². The molecule has 0 spiro atoms. The SMILES string of the molecule is Cc1ccccc1-c1nc2sc(C(=O)OC(C)C)c(C)c2c(=O)[nH]1. The maximum Gasteiger partial charge on any atom is 0.348 e. The van der Waals surface area contributed by atoms with Gasteiger partial charge in [-0.05, 0) is 38.8 Å². The summed E-state index contributed by atoms with van der Waals surface area (Å²) >= 11 is 1.20. The van der Waals surface area contributed by atoms with Crippen molar-refractivity contribution in [1.29, 1.82) is 0 Å². The van der Waals surface area contributed by atoms with Crippen LogP contribution in [0.2, 0.25) is 0 Å². The van der Waals surface area contributed by atoms with Gasteiger partial charge in [-0.15, -0.1) is 11.3 Å². The van der Waals surface area contributed by atoms with E-state index in [4.69, 9.17) is 4.74 Å². The van der Waals surface area contributed by atoms with Crippen LogP contribution in [0, 0.1) is 13.8 Å². The van der Waals surface area contributed by atoms with Crippen LogP contribution in [-0.2, 0) is 4.74 Å². The van der Waals surface area contributed by atoms with E-state index in [1.54, 1.807) is 20.8 Å². The third-order valence-corrected chi connectivity index (χ3v) is 4.89. The number of aromatic amines is 1. The van der Waals surface area contributed by atoms with Gasteiger partial charge in [0.05, 0.1) is 11.5 Å². The number of H-pyrrole nitrogens is 1. The number of aryl methyl sites for hydroxylation is 2. The van der Waals surface area contributed by atoms with E-state index < -0.39 is 5.97 Å². The first-order valence-electron chi connectivity index (χ1n) is 7.69. The summed E-state index contributed by atoms with van der Waals surface area (Å²) in [5.41, 5.74) is 2.27. The Morgan fingerprint density at radius 2 is 1.96 bits per heavy atom. The van der Waals surface area contributed by atoms with Gasteiger partial charge in [0.2, 0.25) is 0 Å². The molecule has 0 aliphatic heterocycles. The van der Waals surface area contributed by atoms with Gasteiger partial charge >= 0.3 is 5.97 Å². The molecule has 5 nitrogen and oxygen atoms in total. The Morgan fingerprint density at radius 3 is 2.62 bits per heavy atom. The maximum absolute atomic E-state index is 12.5. The third-order valence-electron chi connectivity index (χ3n) is 3.73. The van der Waals surface area contributed by atoms with Gasteiger partial charge in [0, 0.05) is 5.56 Å². The van der Waals surface area contributed by atoms with Gasteiger partial charge in [0.1, 0.15) is 15.5 Å². The van der Waals surface area contributed by atoms with Gasteiger partial charge < -0.3 is 9.72 Å².